The molecule has 1 N–H and O–H groups in total. The second kappa shape index (κ2) is 8.71. The van der Waals surface area contributed by atoms with Crippen LogP contribution in [0, 0.1) is 5.82 Å². The van der Waals surface area contributed by atoms with Crippen LogP contribution in [0.1, 0.15) is 0 Å². The summed E-state index contributed by atoms with van der Waals surface area (Å²) in [5, 5.41) is 5.48. The quantitative estimate of drug-likeness (QED) is 0.358. The first kappa shape index (κ1) is 22.0. The monoisotopic (exact) mass is 490 g/mol. The Morgan fingerprint density at radius 2 is 1.65 bits per heavy atom. The summed E-state index contributed by atoms with van der Waals surface area (Å²) in [7, 11) is 2.05. The summed E-state index contributed by atoms with van der Waals surface area (Å²) in [4.78, 5) is 15.9. The Labute approximate surface area is 215 Å². The zero-order valence-electron chi connectivity index (χ0n) is 20.7. The van der Waals surface area contributed by atoms with Crippen LogP contribution in [0.3, 0.4) is 0 Å². The number of nitrogens with one attached hydrogen (secondary N) is 1. The molecule has 1 saturated heterocycles. The Morgan fingerprint density at radius 3 is 2.51 bits per heavy atom. The maximum absolute atomic E-state index is 15.4. The molecule has 184 valence electrons. The van der Waals surface area contributed by atoms with Crippen molar-refractivity contribution >= 4 is 44.6 Å². The molecule has 2 aliphatic rings. The molecule has 7 rings (SSSR count). The minimum atomic E-state index is -0.184. The molecule has 1 fully saturated rings. The van der Waals surface area contributed by atoms with Crippen LogP contribution in [0.2, 0.25) is 0 Å². The zero-order valence-corrected chi connectivity index (χ0v) is 20.7. The van der Waals surface area contributed by atoms with E-state index in [0.29, 0.717) is 12.4 Å². The highest BCUT2D eigenvalue weighted by Crippen LogP contribution is 2.45. The van der Waals surface area contributed by atoms with Gasteiger partial charge in [-0.25, -0.2) is 4.39 Å². The zero-order chi connectivity index (χ0) is 24.9. The van der Waals surface area contributed by atoms with Gasteiger partial charge in [0.2, 0.25) is 0 Å². The van der Waals surface area contributed by atoms with Crippen LogP contribution in [-0.2, 0) is 0 Å². The molecule has 4 heterocycles. The predicted octanol–water partition coefficient (Wildman–Crippen LogP) is 5.54. The number of halogens is 1. The molecule has 7 heteroatoms. The fourth-order valence-electron chi connectivity index (χ4n) is 5.54. The van der Waals surface area contributed by atoms with Gasteiger partial charge in [-0.15, -0.1) is 0 Å². The minimum Gasteiger partial charge on any atom is -0.367 e. The van der Waals surface area contributed by atoms with Crippen LogP contribution >= 0.6 is 0 Å². The minimum absolute atomic E-state index is 0.184. The molecule has 0 bridgehead atoms. The number of para-hydroxylation sites is 1. The predicted molar refractivity (Wildman–Crippen MR) is 149 cm³/mol. The van der Waals surface area contributed by atoms with Crippen LogP contribution < -0.4 is 20.0 Å². The number of fused-ring (bicyclic) bond motifs is 4. The second-order valence-corrected chi connectivity index (χ2v) is 9.78. The van der Waals surface area contributed by atoms with Gasteiger partial charge in [0.05, 0.1) is 41.0 Å². The lowest BCUT2D eigenvalue weighted by Crippen LogP contribution is -2.43. The Morgan fingerprint density at radius 1 is 0.811 bits per heavy atom. The summed E-state index contributed by atoms with van der Waals surface area (Å²) in [6.07, 6.45) is 3.84. The summed E-state index contributed by atoms with van der Waals surface area (Å²) in [5.74, 6) is -0.184. The van der Waals surface area contributed by atoms with Gasteiger partial charge in [0.15, 0.2) is 0 Å². The van der Waals surface area contributed by atoms with Gasteiger partial charge in [-0.1, -0.05) is 24.3 Å². The summed E-state index contributed by atoms with van der Waals surface area (Å²) >= 11 is 0. The van der Waals surface area contributed by atoms with E-state index in [1.165, 1.54) is 0 Å². The molecule has 0 radical (unpaired) electrons. The van der Waals surface area contributed by atoms with Crippen LogP contribution in [0.5, 0.6) is 0 Å². The number of nitrogens with zero attached hydrogens (tertiary/aromatic N) is 5. The summed E-state index contributed by atoms with van der Waals surface area (Å²) < 4.78 is 15.4. The molecule has 2 aliphatic heterocycles. The van der Waals surface area contributed by atoms with Gasteiger partial charge in [0.25, 0.3) is 0 Å². The Bertz CT molecular complexity index is 1640. The number of benzene rings is 3. The van der Waals surface area contributed by atoms with E-state index in [1.54, 1.807) is 6.07 Å². The maximum atomic E-state index is 15.4. The number of rotatable bonds is 3. The van der Waals surface area contributed by atoms with E-state index < -0.39 is 0 Å². The van der Waals surface area contributed by atoms with Crippen LogP contribution in [0.15, 0.2) is 79.1 Å². The Kier molecular flexibility index (Phi) is 5.18. The van der Waals surface area contributed by atoms with Gasteiger partial charge < -0.3 is 20.0 Å². The van der Waals surface area contributed by atoms with Crippen molar-refractivity contribution in [2.75, 3.05) is 54.6 Å². The molecule has 0 saturated carbocycles. The van der Waals surface area contributed by atoms with E-state index in [0.717, 1.165) is 76.2 Å². The average molecular weight is 491 g/mol. The van der Waals surface area contributed by atoms with Crippen LogP contribution in [0.4, 0.5) is 27.1 Å². The van der Waals surface area contributed by atoms with Gasteiger partial charge in [0.1, 0.15) is 5.82 Å². The molecule has 2 aromatic heterocycles. The molecule has 3 aromatic carbocycles. The fourth-order valence-corrected chi connectivity index (χ4v) is 5.54. The van der Waals surface area contributed by atoms with E-state index in [1.807, 2.05) is 42.7 Å². The highest BCUT2D eigenvalue weighted by atomic mass is 19.1. The normalized spacial score (nSPS) is 15.6. The Hall–Kier alpha value is -4.23. The molecule has 0 amide bonds. The smallest absolute Gasteiger partial charge is 0.148 e. The number of hydrogen-bond donors (Lipinski definition) is 1. The summed E-state index contributed by atoms with van der Waals surface area (Å²) in [6, 6.07) is 22.3. The van der Waals surface area contributed by atoms with Crippen molar-refractivity contribution in [3.63, 3.8) is 0 Å². The van der Waals surface area contributed by atoms with Gasteiger partial charge >= 0.3 is 0 Å². The number of anilines is 4. The lowest BCUT2D eigenvalue weighted by molar-refractivity contribution is 0.566. The molecule has 6 nitrogen and oxygen atoms in total. The van der Waals surface area contributed by atoms with Gasteiger partial charge in [-0.3, -0.25) is 9.97 Å². The van der Waals surface area contributed by atoms with Crippen molar-refractivity contribution in [3.05, 3.63) is 84.9 Å². The van der Waals surface area contributed by atoms with Crippen molar-refractivity contribution in [1.82, 2.24) is 15.3 Å². The topological polar surface area (TPSA) is 47.5 Å². The van der Waals surface area contributed by atoms with Crippen molar-refractivity contribution in [2.24, 2.45) is 0 Å². The third-order valence-corrected chi connectivity index (χ3v) is 7.48. The van der Waals surface area contributed by atoms with Crippen LogP contribution in [0.25, 0.3) is 32.9 Å². The van der Waals surface area contributed by atoms with E-state index in [2.05, 4.69) is 62.4 Å². The molecule has 0 spiro atoms. The standard InChI is InChI=1S/C30H27FN6/c1-35-19-37(23-7-9-28(25(31)16-23)36-12-10-32-11-13-36)30-24-15-20(6-8-27(24)34-18-29(30)35)22-14-21-4-2-3-5-26(21)33-17-22/h2-9,14-18,32H,10-13,19H2,1H3. The number of pyridine rings is 2. The highest BCUT2D eigenvalue weighted by Gasteiger charge is 2.28. The fraction of sp³-hybridized carbons (Fsp3) is 0.200. The van der Waals surface area contributed by atoms with Gasteiger partial charge in [0, 0.05) is 61.4 Å². The van der Waals surface area contributed by atoms with Gasteiger partial charge in [-0.2, -0.15) is 0 Å². The van der Waals surface area contributed by atoms with E-state index in [4.69, 9.17) is 4.98 Å². The first-order valence-corrected chi connectivity index (χ1v) is 12.7. The molecular weight excluding hydrogens is 463 g/mol. The summed E-state index contributed by atoms with van der Waals surface area (Å²) in [6.45, 7) is 4.01. The molecule has 5 aromatic rings. The van der Waals surface area contributed by atoms with E-state index >= 15 is 4.39 Å². The molecule has 0 aliphatic carbocycles. The molecule has 0 unspecified atom stereocenters. The van der Waals surface area contributed by atoms with Gasteiger partial charge in [-0.05, 0) is 48.0 Å². The van der Waals surface area contributed by atoms with Crippen molar-refractivity contribution in [2.45, 2.75) is 0 Å². The van der Waals surface area contributed by atoms with E-state index in [-0.39, 0.29) is 5.82 Å². The lowest BCUT2D eigenvalue weighted by atomic mass is 10.0. The van der Waals surface area contributed by atoms with Crippen molar-refractivity contribution in [3.8, 4) is 11.1 Å². The molecular formula is C30H27FN6. The van der Waals surface area contributed by atoms with Crippen molar-refractivity contribution in [1.29, 1.82) is 0 Å². The SMILES string of the molecule is CN1CN(c2ccc(N3CCNCC3)c(F)c2)c2c1cnc1ccc(-c3cnc4ccccc4c3)cc21. The summed E-state index contributed by atoms with van der Waals surface area (Å²) in [5.41, 5.74) is 7.63. The Balaban J connectivity index is 1.32. The molecule has 0 atom stereocenters. The lowest BCUT2D eigenvalue weighted by Gasteiger charge is -2.30. The second-order valence-electron chi connectivity index (χ2n) is 9.78. The number of hydrogen-bond acceptors (Lipinski definition) is 6. The highest BCUT2D eigenvalue weighted by molar-refractivity contribution is 6.04. The number of aromatic nitrogens is 2. The molecule has 37 heavy (non-hydrogen) atoms. The number of piperazine rings is 1. The van der Waals surface area contributed by atoms with Crippen LogP contribution in [-0.4, -0.2) is 49.9 Å². The van der Waals surface area contributed by atoms with Crippen molar-refractivity contribution < 1.29 is 4.39 Å². The maximum Gasteiger partial charge on any atom is 0.148 e. The average Bonchev–Trinajstić information content (AvgIpc) is 3.29. The third-order valence-electron chi connectivity index (χ3n) is 7.48. The van der Waals surface area contributed by atoms with E-state index in [9.17, 15) is 0 Å². The largest absolute Gasteiger partial charge is 0.367 e. The first-order valence-electron chi connectivity index (χ1n) is 12.7. The third kappa shape index (κ3) is 3.74. The first-order chi connectivity index (χ1) is 18.2.